The fourth-order valence-electron chi connectivity index (χ4n) is 4.37. The number of cyclic esters (lactones) is 1. The van der Waals surface area contributed by atoms with E-state index in [0.717, 1.165) is 28.1 Å². The predicted molar refractivity (Wildman–Crippen MR) is 121 cm³/mol. The number of esters is 1. The summed E-state index contributed by atoms with van der Waals surface area (Å²) >= 11 is 0. The summed E-state index contributed by atoms with van der Waals surface area (Å²) in [6, 6.07) is 16.6. The van der Waals surface area contributed by atoms with Gasteiger partial charge in [-0.2, -0.15) is 5.10 Å². The third-order valence-corrected chi connectivity index (χ3v) is 5.87. The second-order valence-corrected chi connectivity index (χ2v) is 8.76. The Labute approximate surface area is 187 Å². The van der Waals surface area contributed by atoms with Crippen molar-refractivity contribution >= 4 is 5.97 Å². The summed E-state index contributed by atoms with van der Waals surface area (Å²) in [5.41, 5.74) is 5.06. The van der Waals surface area contributed by atoms with Gasteiger partial charge in [-0.15, -0.1) is 0 Å². The molecule has 0 saturated carbocycles. The van der Waals surface area contributed by atoms with Crippen molar-refractivity contribution in [3.05, 3.63) is 77.2 Å². The number of carbonyl (C=O) groups is 1. The molecule has 5 nitrogen and oxygen atoms in total. The van der Waals surface area contributed by atoms with E-state index in [9.17, 15) is 14.3 Å². The highest BCUT2D eigenvalue weighted by Crippen LogP contribution is 2.33. The van der Waals surface area contributed by atoms with Crippen LogP contribution in [0.15, 0.2) is 54.6 Å². The van der Waals surface area contributed by atoms with E-state index in [0.29, 0.717) is 25.8 Å². The van der Waals surface area contributed by atoms with Crippen LogP contribution in [0.25, 0.3) is 11.3 Å². The Morgan fingerprint density at radius 2 is 1.88 bits per heavy atom. The molecule has 1 saturated heterocycles. The quantitative estimate of drug-likeness (QED) is 0.537. The van der Waals surface area contributed by atoms with Gasteiger partial charge in [0.1, 0.15) is 11.9 Å². The van der Waals surface area contributed by atoms with Crippen molar-refractivity contribution in [3.63, 3.8) is 0 Å². The minimum absolute atomic E-state index is 0.0591. The Kier molecular flexibility index (Phi) is 6.70. The number of aliphatic hydroxyl groups is 1. The van der Waals surface area contributed by atoms with E-state index in [1.807, 2.05) is 22.9 Å². The van der Waals surface area contributed by atoms with E-state index in [1.54, 1.807) is 12.1 Å². The zero-order valence-corrected chi connectivity index (χ0v) is 18.5. The van der Waals surface area contributed by atoms with Gasteiger partial charge in [-0.3, -0.25) is 9.48 Å². The third kappa shape index (κ3) is 5.07. The number of nitrogens with zero attached hydrogens (tertiary/aromatic N) is 2. The van der Waals surface area contributed by atoms with E-state index in [1.165, 1.54) is 12.1 Å². The zero-order valence-electron chi connectivity index (χ0n) is 18.5. The fourth-order valence-corrected chi connectivity index (χ4v) is 4.37. The summed E-state index contributed by atoms with van der Waals surface area (Å²) in [5.74, 6) is -0.436. The summed E-state index contributed by atoms with van der Waals surface area (Å²) in [6.07, 6.45) is 0.803. The first-order chi connectivity index (χ1) is 15.4. The lowest BCUT2D eigenvalue weighted by molar-refractivity contribution is -0.160. The molecular weight excluding hydrogens is 407 g/mol. The molecule has 0 amide bonds. The number of rotatable bonds is 7. The first-order valence-corrected chi connectivity index (χ1v) is 11.2. The Bertz CT molecular complexity index is 1060. The topological polar surface area (TPSA) is 64.3 Å². The van der Waals surface area contributed by atoms with Crippen LogP contribution in [0.3, 0.4) is 0 Å². The molecule has 3 aromatic rings. The molecule has 1 fully saturated rings. The van der Waals surface area contributed by atoms with E-state index < -0.39 is 6.10 Å². The van der Waals surface area contributed by atoms with Crippen molar-refractivity contribution in [1.29, 1.82) is 0 Å². The van der Waals surface area contributed by atoms with Gasteiger partial charge in [-0.05, 0) is 48.6 Å². The molecule has 32 heavy (non-hydrogen) atoms. The SMILES string of the molecule is CC(C)c1nn(Cc2ccccc2)c(-c2ccc(F)cc2)c1CC[C@@H]1C[C@@H](O)CC(=O)O1. The first-order valence-electron chi connectivity index (χ1n) is 11.2. The molecule has 168 valence electrons. The van der Waals surface area contributed by atoms with E-state index >= 15 is 0 Å². The summed E-state index contributed by atoms with van der Waals surface area (Å²) in [6.45, 7) is 4.82. The van der Waals surface area contributed by atoms with E-state index in [4.69, 9.17) is 9.84 Å². The van der Waals surface area contributed by atoms with Crippen molar-refractivity contribution in [1.82, 2.24) is 9.78 Å². The number of aromatic nitrogens is 2. The molecule has 0 spiro atoms. The smallest absolute Gasteiger partial charge is 0.308 e. The number of benzene rings is 2. The highest BCUT2D eigenvalue weighted by molar-refractivity contribution is 5.71. The van der Waals surface area contributed by atoms with Crippen LogP contribution in [-0.4, -0.2) is 33.1 Å². The van der Waals surface area contributed by atoms with Crippen LogP contribution in [0.5, 0.6) is 0 Å². The molecule has 1 aliphatic rings. The van der Waals surface area contributed by atoms with E-state index in [-0.39, 0.29) is 30.2 Å². The molecule has 0 aliphatic carbocycles. The predicted octanol–water partition coefficient (Wildman–Crippen LogP) is 4.86. The van der Waals surface area contributed by atoms with Gasteiger partial charge in [0, 0.05) is 17.5 Å². The van der Waals surface area contributed by atoms with Crippen LogP contribution >= 0.6 is 0 Å². The number of halogens is 1. The first kappa shape index (κ1) is 22.2. The van der Waals surface area contributed by atoms with Gasteiger partial charge in [-0.25, -0.2) is 4.39 Å². The summed E-state index contributed by atoms with van der Waals surface area (Å²) in [4.78, 5) is 11.8. The fraction of sp³-hybridized carbons (Fsp3) is 0.385. The Morgan fingerprint density at radius 1 is 1.16 bits per heavy atom. The number of aliphatic hydroxyl groups excluding tert-OH is 1. The molecule has 6 heteroatoms. The van der Waals surface area contributed by atoms with Gasteiger partial charge >= 0.3 is 5.97 Å². The minimum atomic E-state index is -0.650. The maximum atomic E-state index is 13.7. The number of carbonyl (C=O) groups excluding carboxylic acids is 1. The summed E-state index contributed by atoms with van der Waals surface area (Å²) in [5, 5.41) is 14.9. The highest BCUT2D eigenvalue weighted by atomic mass is 19.1. The van der Waals surface area contributed by atoms with Gasteiger partial charge in [0.05, 0.1) is 30.5 Å². The Hall–Kier alpha value is -2.99. The van der Waals surface area contributed by atoms with Crippen LogP contribution in [0.1, 0.15) is 55.8 Å². The number of hydrogen-bond donors (Lipinski definition) is 1. The van der Waals surface area contributed by atoms with E-state index in [2.05, 4.69) is 26.0 Å². The monoisotopic (exact) mass is 436 g/mol. The Balaban J connectivity index is 1.72. The second-order valence-electron chi connectivity index (χ2n) is 8.76. The maximum Gasteiger partial charge on any atom is 0.308 e. The van der Waals surface area contributed by atoms with Crippen molar-refractivity contribution in [2.75, 3.05) is 0 Å². The molecule has 1 N–H and O–H groups in total. The molecule has 2 atom stereocenters. The molecule has 1 aromatic heterocycles. The van der Waals surface area contributed by atoms with Crippen LogP contribution in [0, 0.1) is 5.82 Å². The van der Waals surface area contributed by atoms with Crippen LogP contribution in [0.4, 0.5) is 4.39 Å². The van der Waals surface area contributed by atoms with Crippen molar-refractivity contribution in [2.45, 2.75) is 64.2 Å². The largest absolute Gasteiger partial charge is 0.462 e. The summed E-state index contributed by atoms with van der Waals surface area (Å²) < 4.78 is 21.1. The van der Waals surface area contributed by atoms with Crippen LogP contribution < -0.4 is 0 Å². The number of ether oxygens (including phenoxy) is 1. The second kappa shape index (κ2) is 9.65. The molecule has 0 unspecified atom stereocenters. The average molecular weight is 437 g/mol. The lowest BCUT2D eigenvalue weighted by atomic mass is 9.93. The van der Waals surface area contributed by atoms with Gasteiger partial charge in [0.15, 0.2) is 0 Å². The van der Waals surface area contributed by atoms with Gasteiger partial charge in [-0.1, -0.05) is 44.2 Å². The molecule has 0 bridgehead atoms. The molecular formula is C26H29FN2O3. The van der Waals surface area contributed by atoms with Crippen LogP contribution in [0.2, 0.25) is 0 Å². The molecule has 2 aromatic carbocycles. The van der Waals surface area contributed by atoms with Gasteiger partial charge < -0.3 is 9.84 Å². The lowest BCUT2D eigenvalue weighted by Crippen LogP contribution is -2.32. The normalized spacial score (nSPS) is 18.7. The van der Waals surface area contributed by atoms with Crippen molar-refractivity contribution < 1.29 is 19.0 Å². The molecule has 2 heterocycles. The van der Waals surface area contributed by atoms with Crippen LogP contribution in [-0.2, 0) is 22.5 Å². The maximum absolute atomic E-state index is 13.7. The molecule has 4 rings (SSSR count). The Morgan fingerprint density at radius 3 is 2.53 bits per heavy atom. The minimum Gasteiger partial charge on any atom is -0.462 e. The van der Waals surface area contributed by atoms with Crippen molar-refractivity contribution in [2.24, 2.45) is 0 Å². The van der Waals surface area contributed by atoms with Gasteiger partial charge in [0.25, 0.3) is 0 Å². The van der Waals surface area contributed by atoms with Crippen molar-refractivity contribution in [3.8, 4) is 11.3 Å². The summed E-state index contributed by atoms with van der Waals surface area (Å²) in [7, 11) is 0. The third-order valence-electron chi connectivity index (χ3n) is 5.87. The van der Waals surface area contributed by atoms with Gasteiger partial charge in [0.2, 0.25) is 0 Å². The highest BCUT2D eigenvalue weighted by Gasteiger charge is 2.29. The average Bonchev–Trinajstić information content (AvgIpc) is 3.11. The number of hydrogen-bond acceptors (Lipinski definition) is 4. The zero-order chi connectivity index (χ0) is 22.7. The lowest BCUT2D eigenvalue weighted by Gasteiger charge is -2.26. The molecule has 0 radical (unpaired) electrons. The molecule has 1 aliphatic heterocycles. The standard InChI is InChI=1S/C26H29FN2O3/c1-17(2)25-23(13-12-22-14-21(30)15-24(31)32-22)26(19-8-10-20(27)11-9-19)29(28-25)16-18-6-4-3-5-7-18/h3-11,17,21-22,30H,12-16H2,1-2H3/t21-,22-/m1/s1.